The largest absolute Gasteiger partial charge is 0.296 e. The van der Waals surface area contributed by atoms with Gasteiger partial charge < -0.3 is 0 Å². The van der Waals surface area contributed by atoms with Crippen molar-refractivity contribution in [3.63, 3.8) is 0 Å². The van der Waals surface area contributed by atoms with Gasteiger partial charge in [-0.3, -0.25) is 14.9 Å². The van der Waals surface area contributed by atoms with Crippen molar-refractivity contribution in [2.75, 3.05) is 0 Å². The first-order valence-corrected chi connectivity index (χ1v) is 4.97. The van der Waals surface area contributed by atoms with E-state index in [0.29, 0.717) is 0 Å². The molecule has 14 heavy (non-hydrogen) atoms. The molecule has 0 aliphatic heterocycles. The van der Waals surface area contributed by atoms with Crippen LogP contribution in [0.1, 0.15) is 48.0 Å². The lowest BCUT2D eigenvalue weighted by atomic mass is 9.88. The molecule has 0 atom stereocenters. The van der Waals surface area contributed by atoms with Crippen LogP contribution in [0.2, 0.25) is 0 Å². The summed E-state index contributed by atoms with van der Waals surface area (Å²) < 4.78 is 0. The molecule has 3 nitrogen and oxygen atoms in total. The van der Waals surface area contributed by atoms with Gasteiger partial charge in [-0.1, -0.05) is 41.5 Å². The van der Waals surface area contributed by atoms with Gasteiger partial charge >= 0.3 is 0 Å². The predicted molar refractivity (Wildman–Crippen MR) is 56.7 cm³/mol. The van der Waals surface area contributed by atoms with E-state index in [1.54, 1.807) is 20.8 Å². The average Bonchev–Trinajstić information content (AvgIpc) is 2.02. The zero-order valence-electron chi connectivity index (χ0n) is 10.0. The summed E-state index contributed by atoms with van der Waals surface area (Å²) in [6.07, 6.45) is 0.719. The Morgan fingerprint density at radius 2 is 1.43 bits per heavy atom. The first-order valence-electron chi connectivity index (χ1n) is 4.97. The van der Waals surface area contributed by atoms with Crippen LogP contribution in [0, 0.1) is 10.8 Å². The fraction of sp³-hybridized carbons (Fsp3) is 0.818. The second kappa shape index (κ2) is 4.11. The maximum Gasteiger partial charge on any atom is 0.232 e. The van der Waals surface area contributed by atoms with E-state index in [0.717, 1.165) is 6.42 Å². The molecule has 0 aromatic carbocycles. The minimum absolute atomic E-state index is 0.195. The lowest BCUT2D eigenvalue weighted by molar-refractivity contribution is -0.139. The summed E-state index contributed by atoms with van der Waals surface area (Å²) in [5, 5.41) is 2.43. The highest BCUT2D eigenvalue weighted by molar-refractivity contribution is 5.99. The molecule has 0 aliphatic carbocycles. The van der Waals surface area contributed by atoms with Gasteiger partial charge in [0.1, 0.15) is 0 Å². The first-order chi connectivity index (χ1) is 6.11. The summed E-state index contributed by atoms with van der Waals surface area (Å²) in [6, 6.07) is 0. The summed E-state index contributed by atoms with van der Waals surface area (Å²) in [4.78, 5) is 23.1. The van der Waals surface area contributed by atoms with E-state index in [9.17, 15) is 9.59 Å². The van der Waals surface area contributed by atoms with Crippen molar-refractivity contribution in [3.8, 4) is 0 Å². The van der Waals surface area contributed by atoms with Crippen molar-refractivity contribution in [2.24, 2.45) is 10.8 Å². The molecule has 0 spiro atoms. The number of hydrogen-bond acceptors (Lipinski definition) is 2. The molecule has 0 aliphatic rings. The maximum atomic E-state index is 11.6. The summed E-state index contributed by atoms with van der Waals surface area (Å²) in [5.41, 5.74) is -0.986. The highest BCUT2D eigenvalue weighted by Crippen LogP contribution is 2.21. The van der Waals surface area contributed by atoms with Crippen LogP contribution >= 0.6 is 0 Å². The van der Waals surface area contributed by atoms with Gasteiger partial charge in [-0.2, -0.15) is 0 Å². The molecule has 0 saturated heterocycles. The van der Waals surface area contributed by atoms with Gasteiger partial charge in [-0.05, 0) is 6.42 Å². The molecular formula is C11H21NO2. The minimum Gasteiger partial charge on any atom is -0.296 e. The Morgan fingerprint density at radius 1 is 1.00 bits per heavy atom. The second-order valence-corrected chi connectivity index (χ2v) is 5.27. The number of rotatable bonds is 2. The zero-order valence-corrected chi connectivity index (χ0v) is 10.0. The topological polar surface area (TPSA) is 46.2 Å². The van der Waals surface area contributed by atoms with Gasteiger partial charge in [0.05, 0.1) is 0 Å². The Hall–Kier alpha value is -0.860. The molecule has 0 bridgehead atoms. The lowest BCUT2D eigenvalue weighted by Gasteiger charge is -2.24. The van der Waals surface area contributed by atoms with E-state index in [2.05, 4.69) is 5.32 Å². The number of nitrogens with one attached hydrogen (secondary N) is 1. The molecule has 0 aromatic rings. The highest BCUT2D eigenvalue weighted by Gasteiger charge is 2.30. The predicted octanol–water partition coefficient (Wildman–Crippen LogP) is 2.11. The van der Waals surface area contributed by atoms with Gasteiger partial charge in [-0.15, -0.1) is 0 Å². The third kappa shape index (κ3) is 3.48. The standard InChI is InChI=1S/C11H21NO2/c1-7-11(5,6)9(14)12-8(13)10(2,3)4/h7H2,1-6H3,(H,12,13,14). The molecule has 1 N–H and O–H groups in total. The van der Waals surface area contributed by atoms with Crippen molar-refractivity contribution in [1.82, 2.24) is 5.32 Å². The Kier molecular flexibility index (Phi) is 3.86. The van der Waals surface area contributed by atoms with Crippen LogP contribution in [0.4, 0.5) is 0 Å². The van der Waals surface area contributed by atoms with E-state index in [1.807, 2.05) is 20.8 Å². The number of imide groups is 1. The number of carbonyl (C=O) groups excluding carboxylic acids is 2. The van der Waals surface area contributed by atoms with Gasteiger partial charge in [0, 0.05) is 10.8 Å². The van der Waals surface area contributed by atoms with Crippen LogP contribution in [0.25, 0.3) is 0 Å². The Morgan fingerprint density at radius 3 is 1.71 bits per heavy atom. The molecule has 0 saturated carbocycles. The zero-order chi connectivity index (χ0) is 11.6. The molecule has 0 radical (unpaired) electrons. The van der Waals surface area contributed by atoms with E-state index in [4.69, 9.17) is 0 Å². The van der Waals surface area contributed by atoms with E-state index >= 15 is 0 Å². The molecule has 0 aromatic heterocycles. The smallest absolute Gasteiger partial charge is 0.232 e. The fourth-order valence-corrected chi connectivity index (χ4v) is 0.620. The first kappa shape index (κ1) is 13.1. The molecule has 0 unspecified atom stereocenters. The quantitative estimate of drug-likeness (QED) is 0.740. The van der Waals surface area contributed by atoms with E-state index in [1.165, 1.54) is 0 Å². The summed E-state index contributed by atoms with van der Waals surface area (Å²) in [5.74, 6) is -0.413. The normalized spacial score (nSPS) is 12.4. The molecule has 3 heteroatoms. The third-order valence-electron chi connectivity index (χ3n) is 2.41. The third-order valence-corrected chi connectivity index (χ3v) is 2.41. The Bertz CT molecular complexity index is 236. The second-order valence-electron chi connectivity index (χ2n) is 5.27. The van der Waals surface area contributed by atoms with Gasteiger partial charge in [-0.25, -0.2) is 0 Å². The average molecular weight is 199 g/mol. The van der Waals surface area contributed by atoms with Crippen molar-refractivity contribution >= 4 is 11.8 Å². The monoisotopic (exact) mass is 199 g/mol. The minimum atomic E-state index is -0.514. The van der Waals surface area contributed by atoms with Crippen LogP contribution in [0.3, 0.4) is 0 Å². The number of carbonyl (C=O) groups is 2. The van der Waals surface area contributed by atoms with Crippen molar-refractivity contribution < 1.29 is 9.59 Å². The van der Waals surface area contributed by atoms with Crippen LogP contribution < -0.4 is 5.32 Å². The van der Waals surface area contributed by atoms with Gasteiger partial charge in [0.25, 0.3) is 0 Å². The van der Waals surface area contributed by atoms with Crippen molar-refractivity contribution in [2.45, 2.75) is 48.0 Å². The number of hydrogen-bond donors (Lipinski definition) is 1. The maximum absolute atomic E-state index is 11.6. The fourth-order valence-electron chi connectivity index (χ4n) is 0.620. The molecule has 0 rings (SSSR count). The van der Waals surface area contributed by atoms with Crippen molar-refractivity contribution in [3.05, 3.63) is 0 Å². The van der Waals surface area contributed by atoms with Gasteiger partial charge in [0.2, 0.25) is 11.8 Å². The SMILES string of the molecule is CCC(C)(C)C(=O)NC(=O)C(C)(C)C. The Labute approximate surface area is 86.3 Å². The summed E-state index contributed by atoms with van der Waals surface area (Å²) >= 11 is 0. The van der Waals surface area contributed by atoms with Crippen LogP contribution in [-0.4, -0.2) is 11.8 Å². The van der Waals surface area contributed by atoms with Crippen LogP contribution in [-0.2, 0) is 9.59 Å². The van der Waals surface area contributed by atoms with E-state index in [-0.39, 0.29) is 11.8 Å². The molecule has 82 valence electrons. The van der Waals surface area contributed by atoms with Crippen LogP contribution in [0.5, 0.6) is 0 Å². The molecule has 0 heterocycles. The highest BCUT2D eigenvalue weighted by atomic mass is 16.2. The van der Waals surface area contributed by atoms with Gasteiger partial charge in [0.15, 0.2) is 0 Å². The number of amides is 2. The molecule has 0 fully saturated rings. The van der Waals surface area contributed by atoms with Crippen LogP contribution in [0.15, 0.2) is 0 Å². The molecular weight excluding hydrogens is 178 g/mol. The van der Waals surface area contributed by atoms with Crippen molar-refractivity contribution in [1.29, 1.82) is 0 Å². The molecule has 2 amide bonds. The Balaban J connectivity index is 4.43. The summed E-state index contributed by atoms with van der Waals surface area (Å²) in [7, 11) is 0. The van der Waals surface area contributed by atoms with E-state index < -0.39 is 10.8 Å². The summed E-state index contributed by atoms with van der Waals surface area (Å²) in [6.45, 7) is 11.0. The lowest BCUT2D eigenvalue weighted by Crippen LogP contribution is -2.44.